The molecule has 38 heavy (non-hydrogen) atoms. The van der Waals surface area contributed by atoms with E-state index < -0.39 is 18.7 Å². The molecule has 0 radical (unpaired) electrons. The number of esters is 1. The fraction of sp³-hybridized carbons (Fsp3) is 0.286. The van der Waals surface area contributed by atoms with Gasteiger partial charge in [-0.3, -0.25) is 14.4 Å². The Kier molecular flexibility index (Phi) is 9.23. The number of hydrogen-bond acceptors (Lipinski definition) is 8. The van der Waals surface area contributed by atoms with E-state index in [2.05, 4.69) is 5.32 Å². The van der Waals surface area contributed by atoms with Crippen molar-refractivity contribution in [2.45, 2.75) is 26.0 Å². The molecule has 2 heterocycles. The maximum atomic E-state index is 12.7. The number of thiophene rings is 1. The monoisotopic (exact) mass is 536 g/mol. The number of morpholine rings is 1. The van der Waals surface area contributed by atoms with Crippen LogP contribution in [0, 0.1) is 0 Å². The zero-order valence-electron chi connectivity index (χ0n) is 20.9. The molecule has 1 aromatic heterocycles. The van der Waals surface area contributed by atoms with Crippen LogP contribution in [0.5, 0.6) is 5.75 Å². The molecular formula is C28H28N2O7S. The first-order valence-corrected chi connectivity index (χ1v) is 13.1. The van der Waals surface area contributed by atoms with Gasteiger partial charge in [0.05, 0.1) is 31.7 Å². The van der Waals surface area contributed by atoms with Gasteiger partial charge in [-0.15, -0.1) is 11.3 Å². The number of benzene rings is 2. The van der Waals surface area contributed by atoms with Gasteiger partial charge in [0.25, 0.3) is 5.91 Å². The van der Waals surface area contributed by atoms with Gasteiger partial charge in [0.1, 0.15) is 11.9 Å². The van der Waals surface area contributed by atoms with Gasteiger partial charge in [0.15, 0.2) is 12.4 Å². The predicted octanol–water partition coefficient (Wildman–Crippen LogP) is 3.94. The first kappa shape index (κ1) is 27.0. The van der Waals surface area contributed by atoms with E-state index in [4.69, 9.17) is 14.2 Å². The molecule has 0 bridgehead atoms. The number of amides is 2. The van der Waals surface area contributed by atoms with E-state index in [9.17, 15) is 19.2 Å². The van der Waals surface area contributed by atoms with Crippen molar-refractivity contribution in [2.24, 2.45) is 0 Å². The molecule has 198 valence electrons. The highest BCUT2D eigenvalue weighted by Gasteiger charge is 2.31. The molecule has 10 heteroatoms. The lowest BCUT2D eigenvalue weighted by Crippen LogP contribution is -2.48. The summed E-state index contributed by atoms with van der Waals surface area (Å²) in [7, 11) is 0. The van der Waals surface area contributed by atoms with Gasteiger partial charge in [-0.1, -0.05) is 6.07 Å². The summed E-state index contributed by atoms with van der Waals surface area (Å²) < 4.78 is 16.0. The maximum Gasteiger partial charge on any atom is 0.338 e. The Morgan fingerprint density at radius 3 is 2.47 bits per heavy atom. The van der Waals surface area contributed by atoms with E-state index in [1.807, 2.05) is 24.4 Å². The van der Waals surface area contributed by atoms with Crippen molar-refractivity contribution >= 4 is 40.6 Å². The number of carbonyl (C=O) groups is 4. The normalized spacial score (nSPS) is 15.1. The molecule has 1 unspecified atom stereocenters. The molecule has 3 aromatic rings. The van der Waals surface area contributed by atoms with Crippen LogP contribution in [0.4, 0.5) is 5.69 Å². The van der Waals surface area contributed by atoms with E-state index in [0.717, 1.165) is 4.88 Å². The van der Waals surface area contributed by atoms with Crippen molar-refractivity contribution in [3.8, 4) is 5.75 Å². The van der Waals surface area contributed by atoms with E-state index in [1.54, 1.807) is 52.6 Å². The van der Waals surface area contributed by atoms with Crippen molar-refractivity contribution in [2.75, 3.05) is 31.7 Å². The molecule has 0 spiro atoms. The number of ketones is 1. The fourth-order valence-corrected chi connectivity index (χ4v) is 4.58. The van der Waals surface area contributed by atoms with Crippen LogP contribution in [0.1, 0.15) is 38.9 Å². The molecule has 1 aliphatic heterocycles. The van der Waals surface area contributed by atoms with E-state index >= 15 is 0 Å². The highest BCUT2D eigenvalue weighted by molar-refractivity contribution is 7.09. The number of rotatable bonds is 11. The number of nitrogens with zero attached hydrogens (tertiary/aromatic N) is 1. The lowest BCUT2D eigenvalue weighted by Gasteiger charge is -2.32. The van der Waals surface area contributed by atoms with Crippen LogP contribution >= 0.6 is 11.3 Å². The number of ether oxygens (including phenoxy) is 3. The summed E-state index contributed by atoms with van der Waals surface area (Å²) in [4.78, 5) is 52.7. The summed E-state index contributed by atoms with van der Waals surface area (Å²) in [6.45, 7) is 3.35. The van der Waals surface area contributed by atoms with Crippen LogP contribution in [0.2, 0.25) is 0 Å². The lowest BCUT2D eigenvalue weighted by molar-refractivity contribution is -0.155. The zero-order valence-corrected chi connectivity index (χ0v) is 21.7. The van der Waals surface area contributed by atoms with Crippen LogP contribution in [0.15, 0.2) is 66.0 Å². The van der Waals surface area contributed by atoms with Crippen molar-refractivity contribution in [3.63, 3.8) is 0 Å². The lowest BCUT2D eigenvalue weighted by atomic mass is 10.1. The van der Waals surface area contributed by atoms with Gasteiger partial charge in [0.2, 0.25) is 5.91 Å². The second kappa shape index (κ2) is 13.0. The Morgan fingerprint density at radius 1 is 1.05 bits per heavy atom. The number of nitrogens with one attached hydrogen (secondary N) is 1. The van der Waals surface area contributed by atoms with Crippen LogP contribution in [0.25, 0.3) is 0 Å². The Balaban J connectivity index is 1.24. The minimum atomic E-state index is -0.842. The number of carbonyl (C=O) groups excluding carboxylic acids is 4. The topological polar surface area (TPSA) is 111 Å². The Morgan fingerprint density at radius 2 is 1.79 bits per heavy atom. The Labute approximate surface area is 224 Å². The standard InChI is InChI=1S/C28H28N2O7S/c1-2-35-22-11-7-19(8-12-22)24(31)18-37-28(34)20-5-9-21(10-6-20)29-26(32)16-25-27(33)30(13-14-36-25)17-23-4-3-15-38-23/h3-12,15,25H,2,13-14,16-18H2,1H3,(H,29,32). The predicted molar refractivity (Wildman–Crippen MR) is 141 cm³/mol. The minimum Gasteiger partial charge on any atom is -0.494 e. The first-order chi connectivity index (χ1) is 18.4. The maximum absolute atomic E-state index is 12.7. The van der Waals surface area contributed by atoms with E-state index in [1.165, 1.54) is 12.1 Å². The van der Waals surface area contributed by atoms with Crippen LogP contribution < -0.4 is 10.1 Å². The molecular weight excluding hydrogens is 508 g/mol. The van der Waals surface area contributed by atoms with Crippen molar-refractivity contribution in [1.82, 2.24) is 4.90 Å². The van der Waals surface area contributed by atoms with Crippen molar-refractivity contribution < 1.29 is 33.4 Å². The van der Waals surface area contributed by atoms with Crippen LogP contribution in [0.3, 0.4) is 0 Å². The van der Waals surface area contributed by atoms with Gasteiger partial charge >= 0.3 is 5.97 Å². The van der Waals surface area contributed by atoms with Gasteiger partial charge < -0.3 is 24.4 Å². The quantitative estimate of drug-likeness (QED) is 0.292. The molecule has 1 saturated heterocycles. The first-order valence-electron chi connectivity index (χ1n) is 12.2. The highest BCUT2D eigenvalue weighted by atomic mass is 32.1. The smallest absolute Gasteiger partial charge is 0.338 e. The van der Waals surface area contributed by atoms with Crippen molar-refractivity contribution in [3.05, 3.63) is 82.0 Å². The van der Waals surface area contributed by atoms with Gasteiger partial charge in [0, 0.05) is 22.7 Å². The second-order valence-corrected chi connectivity index (χ2v) is 9.52. The molecule has 9 nitrogen and oxygen atoms in total. The van der Waals surface area contributed by atoms with Crippen LogP contribution in [-0.2, 0) is 25.6 Å². The Hall–Kier alpha value is -4.02. The molecule has 0 aliphatic carbocycles. The van der Waals surface area contributed by atoms with Crippen molar-refractivity contribution in [1.29, 1.82) is 0 Å². The zero-order chi connectivity index (χ0) is 26.9. The molecule has 1 atom stereocenters. The summed E-state index contributed by atoms with van der Waals surface area (Å²) >= 11 is 1.58. The summed E-state index contributed by atoms with van der Waals surface area (Å²) in [6.07, 6.45) is -0.956. The third kappa shape index (κ3) is 7.27. The average Bonchev–Trinajstić information content (AvgIpc) is 3.43. The van der Waals surface area contributed by atoms with E-state index in [0.29, 0.717) is 43.3 Å². The molecule has 2 aromatic carbocycles. The largest absolute Gasteiger partial charge is 0.494 e. The minimum absolute atomic E-state index is 0.114. The molecule has 4 rings (SSSR count). The average molecular weight is 537 g/mol. The summed E-state index contributed by atoms with van der Waals surface area (Å²) in [6, 6.07) is 16.6. The third-order valence-corrected chi connectivity index (χ3v) is 6.65. The number of anilines is 1. The highest BCUT2D eigenvalue weighted by Crippen LogP contribution is 2.18. The second-order valence-electron chi connectivity index (χ2n) is 8.48. The third-order valence-electron chi connectivity index (χ3n) is 5.79. The molecule has 1 fully saturated rings. The summed E-state index contributed by atoms with van der Waals surface area (Å²) in [5.41, 5.74) is 1.10. The van der Waals surface area contributed by atoms with Gasteiger partial charge in [-0.2, -0.15) is 0 Å². The Bertz CT molecular complexity index is 1260. The summed E-state index contributed by atoms with van der Waals surface area (Å²) in [5, 5.41) is 4.67. The molecule has 1 N–H and O–H groups in total. The molecule has 2 amide bonds. The number of Topliss-reactive ketones (excluding diaryl/α,β-unsaturated/α-hetero) is 1. The number of hydrogen-bond donors (Lipinski definition) is 1. The molecule has 0 saturated carbocycles. The van der Waals surface area contributed by atoms with Gasteiger partial charge in [-0.25, -0.2) is 4.79 Å². The van der Waals surface area contributed by atoms with E-state index in [-0.39, 0.29) is 29.6 Å². The fourth-order valence-electron chi connectivity index (χ4n) is 3.86. The van der Waals surface area contributed by atoms with Crippen LogP contribution in [-0.4, -0.2) is 60.9 Å². The molecule has 1 aliphatic rings. The van der Waals surface area contributed by atoms with Gasteiger partial charge in [-0.05, 0) is 66.9 Å². The SMILES string of the molecule is CCOc1ccc(C(=O)COC(=O)c2ccc(NC(=O)CC3OCCN(Cc4cccs4)C3=O)cc2)cc1. The summed E-state index contributed by atoms with van der Waals surface area (Å²) in [5.74, 6) is -0.926.